The summed E-state index contributed by atoms with van der Waals surface area (Å²) in [5, 5.41) is 14.0. The van der Waals surface area contributed by atoms with Gasteiger partial charge in [0.05, 0.1) is 0 Å². The summed E-state index contributed by atoms with van der Waals surface area (Å²) < 4.78 is 13.0. The Hall–Kier alpha value is -2.82. The van der Waals surface area contributed by atoms with E-state index in [0.29, 0.717) is 5.13 Å². The SMILES string of the molecule is N#C/C(=C/c1ccc(-c2ccc(F)cc2)s1)C(=O)Nc1nccs1. The Morgan fingerprint density at radius 1 is 1.25 bits per heavy atom. The first-order chi connectivity index (χ1) is 11.7. The van der Waals surface area contributed by atoms with Crippen LogP contribution in [-0.2, 0) is 4.79 Å². The van der Waals surface area contributed by atoms with Gasteiger partial charge >= 0.3 is 0 Å². The molecule has 2 aromatic heterocycles. The minimum absolute atomic E-state index is 0.00212. The lowest BCUT2D eigenvalue weighted by Gasteiger charge is -1.99. The summed E-state index contributed by atoms with van der Waals surface area (Å²) in [7, 11) is 0. The van der Waals surface area contributed by atoms with Crippen molar-refractivity contribution in [3.8, 4) is 16.5 Å². The molecule has 7 heteroatoms. The van der Waals surface area contributed by atoms with Crippen LogP contribution in [0.2, 0.25) is 0 Å². The first kappa shape index (κ1) is 16.1. The van der Waals surface area contributed by atoms with Gasteiger partial charge in [-0.1, -0.05) is 12.1 Å². The lowest BCUT2D eigenvalue weighted by molar-refractivity contribution is -0.112. The molecule has 0 fully saturated rings. The summed E-state index contributed by atoms with van der Waals surface area (Å²) in [6, 6.07) is 11.8. The molecule has 2 heterocycles. The zero-order chi connectivity index (χ0) is 16.9. The van der Waals surface area contributed by atoms with Gasteiger partial charge in [0.1, 0.15) is 17.5 Å². The highest BCUT2D eigenvalue weighted by Crippen LogP contribution is 2.29. The number of amides is 1. The smallest absolute Gasteiger partial charge is 0.268 e. The molecule has 0 saturated carbocycles. The summed E-state index contributed by atoms with van der Waals surface area (Å²) in [4.78, 5) is 17.7. The number of rotatable bonds is 4. The molecule has 0 saturated heterocycles. The highest BCUT2D eigenvalue weighted by atomic mass is 32.1. The molecule has 0 spiro atoms. The number of nitriles is 1. The molecule has 0 radical (unpaired) electrons. The van der Waals surface area contributed by atoms with Gasteiger partial charge in [-0.15, -0.1) is 22.7 Å². The van der Waals surface area contributed by atoms with Crippen molar-refractivity contribution in [2.45, 2.75) is 0 Å². The van der Waals surface area contributed by atoms with Crippen molar-refractivity contribution in [1.82, 2.24) is 4.98 Å². The number of hydrogen-bond acceptors (Lipinski definition) is 5. The van der Waals surface area contributed by atoms with Crippen LogP contribution in [0.4, 0.5) is 9.52 Å². The third-order valence-corrected chi connectivity index (χ3v) is 4.83. The topological polar surface area (TPSA) is 65.8 Å². The number of anilines is 1. The van der Waals surface area contributed by atoms with Crippen LogP contribution in [0, 0.1) is 17.1 Å². The molecule has 0 bridgehead atoms. The Morgan fingerprint density at radius 3 is 2.71 bits per heavy atom. The highest BCUT2D eigenvalue weighted by Gasteiger charge is 2.11. The van der Waals surface area contributed by atoms with E-state index in [9.17, 15) is 14.4 Å². The van der Waals surface area contributed by atoms with Gasteiger partial charge in [0, 0.05) is 21.3 Å². The maximum atomic E-state index is 13.0. The van der Waals surface area contributed by atoms with Crippen LogP contribution in [0.5, 0.6) is 0 Å². The maximum Gasteiger partial charge on any atom is 0.268 e. The van der Waals surface area contributed by atoms with E-state index in [1.807, 2.05) is 18.2 Å². The van der Waals surface area contributed by atoms with Crippen molar-refractivity contribution in [2.75, 3.05) is 5.32 Å². The minimum atomic E-state index is -0.496. The van der Waals surface area contributed by atoms with E-state index in [-0.39, 0.29) is 11.4 Å². The highest BCUT2D eigenvalue weighted by molar-refractivity contribution is 7.16. The quantitative estimate of drug-likeness (QED) is 0.551. The molecule has 4 nitrogen and oxygen atoms in total. The van der Waals surface area contributed by atoms with Crippen molar-refractivity contribution in [2.24, 2.45) is 0 Å². The Kier molecular flexibility index (Phi) is 4.79. The van der Waals surface area contributed by atoms with Crippen molar-refractivity contribution < 1.29 is 9.18 Å². The number of carbonyl (C=O) groups is 1. The van der Waals surface area contributed by atoms with Crippen LogP contribution in [0.15, 0.2) is 53.5 Å². The molecular weight excluding hydrogens is 345 g/mol. The lowest BCUT2D eigenvalue weighted by Crippen LogP contribution is -2.12. The van der Waals surface area contributed by atoms with Crippen LogP contribution in [0.3, 0.4) is 0 Å². The van der Waals surface area contributed by atoms with Gasteiger partial charge in [-0.25, -0.2) is 9.37 Å². The van der Waals surface area contributed by atoms with Crippen LogP contribution in [0.25, 0.3) is 16.5 Å². The van der Waals surface area contributed by atoms with E-state index in [2.05, 4.69) is 10.3 Å². The first-order valence-electron chi connectivity index (χ1n) is 6.84. The number of carbonyl (C=O) groups excluding carboxylic acids is 1. The molecule has 0 unspecified atom stereocenters. The molecule has 24 heavy (non-hydrogen) atoms. The van der Waals surface area contributed by atoms with Gasteiger partial charge in [-0.3, -0.25) is 10.1 Å². The normalized spacial score (nSPS) is 11.1. The van der Waals surface area contributed by atoms with E-state index in [1.165, 1.54) is 40.9 Å². The van der Waals surface area contributed by atoms with Gasteiger partial charge in [-0.2, -0.15) is 5.26 Å². The fourth-order valence-corrected chi connectivity index (χ4v) is 3.42. The summed E-state index contributed by atoms with van der Waals surface area (Å²) in [6.45, 7) is 0. The Morgan fingerprint density at radius 2 is 2.04 bits per heavy atom. The number of nitrogens with one attached hydrogen (secondary N) is 1. The fraction of sp³-hybridized carbons (Fsp3) is 0. The van der Waals surface area contributed by atoms with E-state index in [0.717, 1.165) is 15.3 Å². The van der Waals surface area contributed by atoms with E-state index >= 15 is 0 Å². The fourth-order valence-electron chi connectivity index (χ4n) is 1.94. The number of benzene rings is 1. The number of aromatic nitrogens is 1. The van der Waals surface area contributed by atoms with Crippen LogP contribution in [0.1, 0.15) is 4.88 Å². The lowest BCUT2D eigenvalue weighted by atomic mass is 10.2. The van der Waals surface area contributed by atoms with Crippen molar-refractivity contribution in [3.05, 3.63) is 64.2 Å². The van der Waals surface area contributed by atoms with Crippen molar-refractivity contribution in [3.63, 3.8) is 0 Å². The predicted octanol–water partition coefficient (Wildman–Crippen LogP) is 4.56. The second kappa shape index (κ2) is 7.17. The van der Waals surface area contributed by atoms with E-state index < -0.39 is 5.91 Å². The minimum Gasteiger partial charge on any atom is -0.297 e. The molecule has 0 aliphatic carbocycles. The Balaban J connectivity index is 1.80. The Labute approximate surface area is 145 Å². The molecule has 1 aromatic carbocycles. The summed E-state index contributed by atoms with van der Waals surface area (Å²) in [5.41, 5.74) is 0.879. The molecule has 0 aliphatic heterocycles. The van der Waals surface area contributed by atoms with Crippen LogP contribution >= 0.6 is 22.7 Å². The van der Waals surface area contributed by atoms with E-state index in [1.54, 1.807) is 23.7 Å². The van der Waals surface area contributed by atoms with Crippen molar-refractivity contribution >= 4 is 39.8 Å². The number of nitrogens with zero attached hydrogens (tertiary/aromatic N) is 2. The molecule has 3 rings (SSSR count). The Bertz CT molecular complexity index is 922. The van der Waals surface area contributed by atoms with Crippen molar-refractivity contribution in [1.29, 1.82) is 5.26 Å². The van der Waals surface area contributed by atoms with Gasteiger partial charge in [0.2, 0.25) is 0 Å². The zero-order valence-electron chi connectivity index (χ0n) is 12.2. The monoisotopic (exact) mass is 355 g/mol. The van der Waals surface area contributed by atoms with Gasteiger partial charge in [0.15, 0.2) is 5.13 Å². The zero-order valence-corrected chi connectivity index (χ0v) is 13.8. The molecule has 1 amide bonds. The molecule has 118 valence electrons. The van der Waals surface area contributed by atoms with Gasteiger partial charge in [0.25, 0.3) is 5.91 Å². The molecule has 1 N–H and O–H groups in total. The standard InChI is InChI=1S/C17H10FN3OS2/c18-13-3-1-11(2-4-13)15-6-5-14(24-15)9-12(10-19)16(22)21-17-20-7-8-23-17/h1-9H,(H,20,21,22)/b12-9-. The first-order valence-corrected chi connectivity index (χ1v) is 8.54. The molecule has 0 atom stereocenters. The second-order valence-corrected chi connectivity index (χ2v) is 6.68. The summed E-state index contributed by atoms with van der Waals surface area (Å²) in [5.74, 6) is -0.787. The molecule has 0 aliphatic rings. The number of thiazole rings is 1. The van der Waals surface area contributed by atoms with Crippen LogP contribution in [-0.4, -0.2) is 10.9 Å². The van der Waals surface area contributed by atoms with E-state index in [4.69, 9.17) is 0 Å². The molecular formula is C17H10FN3OS2. The number of hydrogen-bond donors (Lipinski definition) is 1. The average molecular weight is 355 g/mol. The third-order valence-electron chi connectivity index (χ3n) is 3.06. The molecule has 3 aromatic rings. The maximum absolute atomic E-state index is 13.0. The predicted molar refractivity (Wildman–Crippen MR) is 94.0 cm³/mol. The van der Waals surface area contributed by atoms with Gasteiger partial charge < -0.3 is 0 Å². The number of thiophene rings is 1. The third kappa shape index (κ3) is 3.74. The summed E-state index contributed by atoms with van der Waals surface area (Å²) >= 11 is 2.70. The van der Waals surface area contributed by atoms with Gasteiger partial charge in [-0.05, 0) is 35.9 Å². The second-order valence-electron chi connectivity index (χ2n) is 4.67. The number of halogens is 1. The van der Waals surface area contributed by atoms with Crippen LogP contribution < -0.4 is 5.32 Å². The average Bonchev–Trinajstić information content (AvgIpc) is 3.25. The summed E-state index contributed by atoms with van der Waals surface area (Å²) in [6.07, 6.45) is 3.10. The largest absolute Gasteiger partial charge is 0.297 e.